The second-order valence-electron chi connectivity index (χ2n) is 13.7. The maximum absolute atomic E-state index is 14.3. The van der Waals surface area contributed by atoms with Crippen molar-refractivity contribution >= 4 is 42.6 Å². The predicted molar refractivity (Wildman–Crippen MR) is 197 cm³/mol. The van der Waals surface area contributed by atoms with Gasteiger partial charge in [0.25, 0.3) is 5.91 Å². The van der Waals surface area contributed by atoms with E-state index in [1.54, 1.807) is 45.2 Å². The average molecular weight is 777 g/mol. The third-order valence-electron chi connectivity index (χ3n) is 9.58. The molecule has 2 aromatic carbocycles. The van der Waals surface area contributed by atoms with Gasteiger partial charge in [-0.1, -0.05) is 26.0 Å². The number of nitrogens with zero attached hydrogens (tertiary/aromatic N) is 3. The highest BCUT2D eigenvalue weighted by molar-refractivity contribution is 7.53. The average Bonchev–Trinajstić information content (AvgIpc) is 3.42. The van der Waals surface area contributed by atoms with E-state index >= 15 is 0 Å². The number of nitrogens with one attached hydrogen (secondary N) is 2. The molecule has 13 nitrogen and oxygen atoms in total. The van der Waals surface area contributed by atoms with Gasteiger partial charge >= 0.3 is 19.7 Å². The quantitative estimate of drug-likeness (QED) is 0.101. The van der Waals surface area contributed by atoms with Crippen molar-refractivity contribution < 1.29 is 45.8 Å². The first kappa shape index (κ1) is 40.9. The number of anilines is 4. The lowest BCUT2D eigenvalue weighted by Gasteiger charge is -2.31. The van der Waals surface area contributed by atoms with Crippen LogP contribution in [0.1, 0.15) is 91.9 Å². The summed E-state index contributed by atoms with van der Waals surface area (Å²) in [5, 5.41) is 5.72. The Morgan fingerprint density at radius 2 is 1.72 bits per heavy atom. The van der Waals surface area contributed by atoms with Crippen molar-refractivity contribution in [3.63, 3.8) is 0 Å². The summed E-state index contributed by atoms with van der Waals surface area (Å²) in [5.74, 6) is -1.16. The highest BCUT2D eigenvalue weighted by Gasteiger charge is 2.38. The zero-order valence-electron chi connectivity index (χ0n) is 31.3. The van der Waals surface area contributed by atoms with Crippen LogP contribution in [0.3, 0.4) is 0 Å². The number of halogens is 3. The van der Waals surface area contributed by atoms with Gasteiger partial charge in [0, 0.05) is 19.8 Å². The van der Waals surface area contributed by atoms with E-state index in [9.17, 15) is 27.3 Å². The maximum Gasteiger partial charge on any atom is 0.421 e. The fourth-order valence-electron chi connectivity index (χ4n) is 6.75. The van der Waals surface area contributed by atoms with Crippen molar-refractivity contribution in [1.29, 1.82) is 0 Å². The minimum atomic E-state index is -4.82. The molecule has 17 heteroatoms. The Bertz CT molecular complexity index is 1880. The molecular weight excluding hydrogens is 728 g/mol. The second-order valence-corrected chi connectivity index (χ2v) is 15.8. The van der Waals surface area contributed by atoms with Crippen LogP contribution in [-0.2, 0) is 42.0 Å². The van der Waals surface area contributed by atoms with Crippen molar-refractivity contribution in [2.45, 2.75) is 90.3 Å². The molecule has 0 bridgehead atoms. The molecule has 54 heavy (non-hydrogen) atoms. The van der Waals surface area contributed by atoms with E-state index in [2.05, 4.69) is 20.6 Å². The van der Waals surface area contributed by atoms with Gasteiger partial charge in [-0.3, -0.25) is 14.2 Å². The monoisotopic (exact) mass is 776 g/mol. The van der Waals surface area contributed by atoms with Crippen LogP contribution < -0.4 is 21.1 Å². The van der Waals surface area contributed by atoms with Gasteiger partial charge in [0.2, 0.25) is 5.95 Å². The number of rotatable bonds is 15. The molecule has 3 aromatic rings. The number of carbonyl (C=O) groups excluding carboxylic acids is 2. The van der Waals surface area contributed by atoms with Crippen molar-refractivity contribution in [3.05, 3.63) is 64.3 Å². The fourth-order valence-corrected chi connectivity index (χ4v) is 8.44. The van der Waals surface area contributed by atoms with E-state index in [1.807, 2.05) is 19.9 Å². The van der Waals surface area contributed by atoms with Gasteiger partial charge in [-0.2, -0.15) is 18.2 Å². The van der Waals surface area contributed by atoms with E-state index in [4.69, 9.17) is 24.3 Å². The number of methoxy groups -OCH3 is 1. The second kappa shape index (κ2) is 17.1. The number of hydrogen-bond acceptors (Lipinski definition) is 12. The van der Waals surface area contributed by atoms with Gasteiger partial charge in [-0.15, -0.1) is 0 Å². The van der Waals surface area contributed by atoms with E-state index < -0.39 is 37.2 Å². The number of carbonyl (C=O) groups is 2. The number of aromatic nitrogens is 2. The van der Waals surface area contributed by atoms with E-state index in [-0.39, 0.29) is 60.4 Å². The van der Waals surface area contributed by atoms with Crippen LogP contribution in [0.2, 0.25) is 0 Å². The zero-order chi connectivity index (χ0) is 39.4. The Morgan fingerprint density at radius 1 is 1.06 bits per heavy atom. The van der Waals surface area contributed by atoms with Crippen LogP contribution in [0.25, 0.3) is 0 Å². The third-order valence-corrected chi connectivity index (χ3v) is 11.6. The number of hydrogen-bond donors (Lipinski definition) is 3. The van der Waals surface area contributed by atoms with Gasteiger partial charge in [0.15, 0.2) is 0 Å². The molecule has 2 aliphatic rings. The number of nitrogens with two attached hydrogens (primary N) is 1. The van der Waals surface area contributed by atoms with Crippen molar-refractivity contribution in [1.82, 2.24) is 14.9 Å². The molecule has 0 saturated heterocycles. The lowest BCUT2D eigenvalue weighted by Crippen LogP contribution is -2.39. The summed E-state index contributed by atoms with van der Waals surface area (Å²) in [5.41, 5.74) is 7.90. The molecule has 1 fully saturated rings. The molecular formula is C37H48F3N6O7P. The first-order valence-corrected chi connectivity index (χ1v) is 19.7. The number of benzene rings is 2. The summed E-state index contributed by atoms with van der Waals surface area (Å²) in [6, 6.07) is 7.64. The Labute approximate surface area is 313 Å². The topological polar surface area (TPSA) is 167 Å². The van der Waals surface area contributed by atoms with Gasteiger partial charge in [-0.25, -0.2) is 4.98 Å². The van der Waals surface area contributed by atoms with E-state index in [1.165, 1.54) is 12.0 Å². The SMILES string of the molecule is CCOP(=O)(Cc1ccc(Nc2ncc(C(F)(F)F)c(Nc3ccc(C4CCC(OC(=O)[C@@H](N)C(C)C)CC4)c4c3C(=O)N(C)C4)n2)c(OC)c1)OCC. The zero-order valence-corrected chi connectivity index (χ0v) is 32.2. The smallest absolute Gasteiger partial charge is 0.421 e. The predicted octanol–water partition coefficient (Wildman–Crippen LogP) is 7.90. The largest absolute Gasteiger partial charge is 0.495 e. The van der Waals surface area contributed by atoms with Crippen molar-refractivity contribution in [3.8, 4) is 5.75 Å². The Balaban J connectivity index is 1.40. The number of amides is 1. The van der Waals surface area contributed by atoms with Gasteiger partial charge in [0.1, 0.15) is 29.3 Å². The number of fused-ring (bicyclic) bond motifs is 1. The fraction of sp³-hybridized carbons (Fsp3) is 0.514. The number of ether oxygens (including phenoxy) is 2. The molecule has 0 unspecified atom stereocenters. The Hall–Kier alpha value is -4.24. The third kappa shape index (κ3) is 9.34. The molecule has 0 radical (unpaired) electrons. The summed E-state index contributed by atoms with van der Waals surface area (Å²) in [6.07, 6.45) is -1.77. The molecule has 1 atom stereocenters. The highest BCUT2D eigenvalue weighted by atomic mass is 31.2. The molecule has 1 amide bonds. The normalized spacial score (nSPS) is 18.1. The Morgan fingerprint density at radius 3 is 2.33 bits per heavy atom. The number of esters is 1. The maximum atomic E-state index is 14.3. The summed E-state index contributed by atoms with van der Waals surface area (Å²) < 4.78 is 78.0. The van der Waals surface area contributed by atoms with Crippen LogP contribution >= 0.6 is 7.60 Å². The highest BCUT2D eigenvalue weighted by Crippen LogP contribution is 2.52. The molecule has 2 heterocycles. The molecule has 4 N–H and O–H groups in total. The summed E-state index contributed by atoms with van der Waals surface area (Å²) in [4.78, 5) is 35.6. The summed E-state index contributed by atoms with van der Waals surface area (Å²) in [7, 11) is -0.360. The Kier molecular flexibility index (Phi) is 12.9. The molecule has 294 valence electrons. The molecule has 1 aliphatic carbocycles. The molecule has 0 spiro atoms. The van der Waals surface area contributed by atoms with Crippen LogP contribution in [0.4, 0.5) is 36.3 Å². The standard InChI is InChI=1S/C37H48F3N6O7P/c1-7-51-54(49,52-8-2)20-22-9-15-28(30(17-22)50-6)44-36-42-18-27(37(38,39)40)33(45-36)43-29-16-14-25(26-19-46(5)34(47)31(26)29)23-10-12-24(13-11-23)53-35(48)32(41)21(3)4/h9,14-18,21,23-24,32H,7-8,10-13,19-20,41H2,1-6H3,(H2,42,43,44,45)/t23?,24?,32-/m0/s1. The van der Waals surface area contributed by atoms with Gasteiger partial charge < -0.3 is 39.8 Å². The van der Waals surface area contributed by atoms with Crippen LogP contribution in [0.15, 0.2) is 36.5 Å². The van der Waals surface area contributed by atoms with Crippen LogP contribution in [0.5, 0.6) is 5.75 Å². The first-order chi connectivity index (χ1) is 25.6. The molecule has 1 aromatic heterocycles. The van der Waals surface area contributed by atoms with Crippen molar-refractivity contribution in [2.24, 2.45) is 11.7 Å². The first-order valence-electron chi connectivity index (χ1n) is 18.0. The van der Waals surface area contributed by atoms with Crippen molar-refractivity contribution in [2.75, 3.05) is 38.0 Å². The summed E-state index contributed by atoms with van der Waals surface area (Å²) >= 11 is 0. The minimum absolute atomic E-state index is 0.0164. The van der Waals surface area contributed by atoms with Gasteiger partial charge in [0.05, 0.1) is 43.4 Å². The molecule has 5 rings (SSSR count). The minimum Gasteiger partial charge on any atom is -0.495 e. The van der Waals surface area contributed by atoms with Gasteiger partial charge in [-0.05, 0) is 86.3 Å². The van der Waals surface area contributed by atoms with E-state index in [0.717, 1.165) is 11.1 Å². The lowest BCUT2D eigenvalue weighted by atomic mass is 9.80. The summed E-state index contributed by atoms with van der Waals surface area (Å²) in [6.45, 7) is 7.84. The van der Waals surface area contributed by atoms with E-state index in [0.29, 0.717) is 55.4 Å². The lowest BCUT2D eigenvalue weighted by molar-refractivity contribution is -0.153. The number of alkyl halides is 3. The molecule has 1 saturated carbocycles. The van der Waals surface area contributed by atoms with Crippen LogP contribution in [-0.4, -0.2) is 66.3 Å². The van der Waals surface area contributed by atoms with Crippen LogP contribution in [0, 0.1) is 5.92 Å². The molecule has 1 aliphatic heterocycles.